The van der Waals surface area contributed by atoms with Crippen LogP contribution in [0.5, 0.6) is 5.75 Å². The fraction of sp³-hybridized carbons (Fsp3) is 0.375. The van der Waals surface area contributed by atoms with Gasteiger partial charge in [0.05, 0.1) is 38.1 Å². The van der Waals surface area contributed by atoms with Gasteiger partial charge in [-0.2, -0.15) is 0 Å². The number of nitrogens with one attached hydrogen (secondary N) is 2. The standard InChI is InChI=1S/C24H31N3O5/c1-15(2)32-23(29)14-21(17-8-10-19(31-4)11-9-17)26-22(28)13-20(27-24(25)30)18-7-5-6-16(3)12-18/h5-12,15,20-21H,13-14H2,1-4H3,(H,26,28)(H3,25,27,30)/t20-,21-/m1/s1. The normalized spacial score (nSPS) is 12.5. The summed E-state index contributed by atoms with van der Waals surface area (Å²) in [5.74, 6) is -0.108. The molecule has 0 aromatic heterocycles. The van der Waals surface area contributed by atoms with Crippen LogP contribution in [0.2, 0.25) is 0 Å². The first-order valence-corrected chi connectivity index (χ1v) is 10.4. The van der Waals surface area contributed by atoms with Gasteiger partial charge in [-0.3, -0.25) is 9.59 Å². The van der Waals surface area contributed by atoms with Gasteiger partial charge in [0, 0.05) is 0 Å². The molecule has 8 nitrogen and oxygen atoms in total. The Hall–Kier alpha value is -3.55. The first-order valence-electron chi connectivity index (χ1n) is 10.4. The van der Waals surface area contributed by atoms with Crippen LogP contribution in [0.15, 0.2) is 48.5 Å². The van der Waals surface area contributed by atoms with Crippen LogP contribution in [0.25, 0.3) is 0 Å². The molecule has 2 rings (SSSR count). The van der Waals surface area contributed by atoms with E-state index in [0.29, 0.717) is 5.75 Å². The number of hydrogen-bond donors (Lipinski definition) is 3. The van der Waals surface area contributed by atoms with Gasteiger partial charge >= 0.3 is 12.0 Å². The summed E-state index contributed by atoms with van der Waals surface area (Å²) in [5.41, 5.74) is 7.81. The number of carbonyl (C=O) groups excluding carboxylic acids is 3. The summed E-state index contributed by atoms with van der Waals surface area (Å²) >= 11 is 0. The number of primary amides is 1. The van der Waals surface area contributed by atoms with E-state index in [-0.39, 0.29) is 24.9 Å². The fourth-order valence-corrected chi connectivity index (χ4v) is 3.32. The van der Waals surface area contributed by atoms with Gasteiger partial charge in [-0.15, -0.1) is 0 Å². The van der Waals surface area contributed by atoms with Crippen molar-refractivity contribution in [3.05, 3.63) is 65.2 Å². The Morgan fingerprint density at radius 1 is 0.938 bits per heavy atom. The summed E-state index contributed by atoms with van der Waals surface area (Å²) in [6, 6.07) is 12.6. The molecule has 0 fully saturated rings. The van der Waals surface area contributed by atoms with E-state index >= 15 is 0 Å². The smallest absolute Gasteiger partial charge is 0.312 e. The topological polar surface area (TPSA) is 120 Å². The first-order chi connectivity index (χ1) is 15.2. The van der Waals surface area contributed by atoms with E-state index in [1.807, 2.05) is 31.2 Å². The molecule has 8 heteroatoms. The van der Waals surface area contributed by atoms with Crippen molar-refractivity contribution in [1.82, 2.24) is 10.6 Å². The zero-order valence-corrected chi connectivity index (χ0v) is 18.9. The van der Waals surface area contributed by atoms with Gasteiger partial charge in [0.1, 0.15) is 5.75 Å². The zero-order valence-electron chi connectivity index (χ0n) is 18.9. The molecule has 3 amide bonds. The molecule has 4 N–H and O–H groups in total. The van der Waals surface area contributed by atoms with Crippen LogP contribution in [0.3, 0.4) is 0 Å². The molecule has 0 aliphatic carbocycles. The quantitative estimate of drug-likeness (QED) is 0.489. The fourth-order valence-electron chi connectivity index (χ4n) is 3.32. The predicted molar refractivity (Wildman–Crippen MR) is 121 cm³/mol. The lowest BCUT2D eigenvalue weighted by molar-refractivity contribution is -0.148. The van der Waals surface area contributed by atoms with E-state index in [4.69, 9.17) is 15.2 Å². The van der Waals surface area contributed by atoms with Crippen LogP contribution < -0.4 is 21.1 Å². The van der Waals surface area contributed by atoms with Crippen molar-refractivity contribution in [3.8, 4) is 5.75 Å². The lowest BCUT2D eigenvalue weighted by atomic mass is 9.99. The van der Waals surface area contributed by atoms with Gasteiger partial charge in [-0.1, -0.05) is 42.0 Å². The number of aryl methyl sites for hydroxylation is 1. The number of methoxy groups -OCH3 is 1. The Balaban J connectivity index is 2.20. The third kappa shape index (κ3) is 7.94. The lowest BCUT2D eigenvalue weighted by Crippen LogP contribution is -2.38. The Bertz CT molecular complexity index is 927. The van der Waals surface area contributed by atoms with Crippen molar-refractivity contribution in [1.29, 1.82) is 0 Å². The molecule has 0 unspecified atom stereocenters. The Kier molecular flexibility index (Phi) is 9.07. The van der Waals surface area contributed by atoms with Crippen molar-refractivity contribution in [2.75, 3.05) is 7.11 Å². The Morgan fingerprint density at radius 2 is 1.59 bits per heavy atom. The van der Waals surface area contributed by atoms with E-state index in [2.05, 4.69) is 10.6 Å². The second kappa shape index (κ2) is 11.7. The number of benzene rings is 2. The van der Waals surface area contributed by atoms with E-state index in [1.54, 1.807) is 45.2 Å². The number of rotatable bonds is 10. The average molecular weight is 442 g/mol. The molecule has 2 atom stereocenters. The monoisotopic (exact) mass is 441 g/mol. The van der Waals surface area contributed by atoms with Gasteiger partial charge in [-0.05, 0) is 44.0 Å². The highest BCUT2D eigenvalue weighted by atomic mass is 16.5. The van der Waals surface area contributed by atoms with Crippen LogP contribution >= 0.6 is 0 Å². The molecular weight excluding hydrogens is 410 g/mol. The maximum absolute atomic E-state index is 12.9. The molecular formula is C24H31N3O5. The van der Waals surface area contributed by atoms with Crippen molar-refractivity contribution < 1.29 is 23.9 Å². The maximum Gasteiger partial charge on any atom is 0.312 e. The number of carbonyl (C=O) groups is 3. The van der Waals surface area contributed by atoms with E-state index in [1.165, 1.54) is 0 Å². The van der Waals surface area contributed by atoms with Gasteiger partial charge in [0.2, 0.25) is 5.91 Å². The molecule has 0 aliphatic heterocycles. The minimum absolute atomic E-state index is 0.0331. The Morgan fingerprint density at radius 3 is 2.16 bits per heavy atom. The number of nitrogens with two attached hydrogens (primary N) is 1. The lowest BCUT2D eigenvalue weighted by Gasteiger charge is -2.22. The molecule has 0 bridgehead atoms. The summed E-state index contributed by atoms with van der Waals surface area (Å²) in [6.07, 6.45) is -0.340. The maximum atomic E-state index is 12.9. The third-order valence-corrected chi connectivity index (χ3v) is 4.74. The molecule has 0 aliphatic rings. The summed E-state index contributed by atoms with van der Waals surface area (Å²) < 4.78 is 10.4. The molecule has 0 heterocycles. The van der Waals surface area contributed by atoms with E-state index < -0.39 is 24.1 Å². The van der Waals surface area contributed by atoms with Crippen LogP contribution in [-0.4, -0.2) is 31.1 Å². The number of amides is 3. The molecule has 2 aromatic rings. The van der Waals surface area contributed by atoms with Gasteiger partial charge in [-0.25, -0.2) is 4.79 Å². The minimum atomic E-state index is -0.725. The van der Waals surface area contributed by atoms with Crippen molar-refractivity contribution in [2.24, 2.45) is 5.73 Å². The largest absolute Gasteiger partial charge is 0.497 e. The number of ether oxygens (including phenoxy) is 2. The first kappa shape index (κ1) is 24.7. The number of hydrogen-bond acceptors (Lipinski definition) is 5. The van der Waals surface area contributed by atoms with Crippen LogP contribution in [0.1, 0.15) is 55.5 Å². The van der Waals surface area contributed by atoms with Crippen molar-refractivity contribution in [2.45, 2.75) is 51.8 Å². The van der Waals surface area contributed by atoms with Crippen molar-refractivity contribution >= 4 is 17.9 Å². The van der Waals surface area contributed by atoms with E-state index in [9.17, 15) is 14.4 Å². The zero-order chi connectivity index (χ0) is 23.7. The minimum Gasteiger partial charge on any atom is -0.497 e. The van der Waals surface area contributed by atoms with Crippen LogP contribution in [-0.2, 0) is 14.3 Å². The van der Waals surface area contributed by atoms with Crippen LogP contribution in [0, 0.1) is 6.92 Å². The van der Waals surface area contributed by atoms with Gasteiger partial charge < -0.3 is 25.8 Å². The summed E-state index contributed by atoms with van der Waals surface area (Å²) in [5, 5.41) is 5.51. The average Bonchev–Trinajstić information content (AvgIpc) is 2.72. The molecule has 32 heavy (non-hydrogen) atoms. The third-order valence-electron chi connectivity index (χ3n) is 4.74. The summed E-state index contributed by atoms with van der Waals surface area (Å²) in [7, 11) is 1.56. The van der Waals surface area contributed by atoms with Gasteiger partial charge in [0.25, 0.3) is 0 Å². The molecule has 2 aromatic carbocycles. The second-order valence-electron chi connectivity index (χ2n) is 7.82. The molecule has 0 saturated heterocycles. The molecule has 0 spiro atoms. The number of urea groups is 1. The number of esters is 1. The highest BCUT2D eigenvalue weighted by Crippen LogP contribution is 2.23. The summed E-state index contributed by atoms with van der Waals surface area (Å²) in [6.45, 7) is 5.45. The highest BCUT2D eigenvalue weighted by molar-refractivity contribution is 5.80. The summed E-state index contributed by atoms with van der Waals surface area (Å²) in [4.78, 5) is 36.7. The van der Waals surface area contributed by atoms with E-state index in [0.717, 1.165) is 16.7 Å². The molecule has 0 radical (unpaired) electrons. The highest BCUT2D eigenvalue weighted by Gasteiger charge is 2.23. The molecule has 172 valence electrons. The Labute approximate surface area is 188 Å². The molecule has 0 saturated carbocycles. The van der Waals surface area contributed by atoms with Crippen molar-refractivity contribution in [3.63, 3.8) is 0 Å². The predicted octanol–water partition coefficient (Wildman–Crippen LogP) is 3.30. The van der Waals surface area contributed by atoms with Gasteiger partial charge in [0.15, 0.2) is 0 Å². The second-order valence-corrected chi connectivity index (χ2v) is 7.82. The van der Waals surface area contributed by atoms with Crippen LogP contribution in [0.4, 0.5) is 4.79 Å². The SMILES string of the molecule is COc1ccc([C@@H](CC(=O)OC(C)C)NC(=O)C[C@@H](NC(N)=O)c2cccc(C)c2)cc1.